The van der Waals surface area contributed by atoms with E-state index in [2.05, 4.69) is 4.99 Å². The molecule has 1 unspecified atom stereocenters. The second kappa shape index (κ2) is 4.83. The molecule has 0 aromatic rings. The van der Waals surface area contributed by atoms with Crippen LogP contribution in [0, 0.1) is 5.41 Å². The monoisotopic (exact) mass is 152 g/mol. The average Bonchev–Trinajstić information content (AvgIpc) is 2.05. The summed E-state index contributed by atoms with van der Waals surface area (Å²) in [6, 6.07) is 0. The first kappa shape index (κ1) is 10.1. The van der Waals surface area contributed by atoms with E-state index in [9.17, 15) is 0 Å². The highest BCUT2D eigenvalue weighted by Crippen LogP contribution is 2.10. The third-order valence-electron chi connectivity index (χ3n) is 1.67. The Labute approximate surface area is 68.5 Å². The van der Waals surface area contributed by atoms with Crippen LogP contribution in [0.25, 0.3) is 0 Å². The zero-order chi connectivity index (χ0) is 8.74. The molecule has 2 nitrogen and oxygen atoms in total. The minimum atomic E-state index is -0.306. The van der Waals surface area contributed by atoms with Crippen LogP contribution >= 0.6 is 0 Å². The molecule has 0 bridgehead atoms. The highest BCUT2D eigenvalue weighted by Gasteiger charge is 2.14. The number of aliphatic imine (C=N–C) groups is 1. The first-order valence-corrected chi connectivity index (χ1v) is 3.86. The fourth-order valence-electron chi connectivity index (χ4n) is 0.530. The van der Waals surface area contributed by atoms with Crippen LogP contribution in [-0.4, -0.2) is 18.0 Å². The Morgan fingerprint density at radius 1 is 1.55 bits per heavy atom. The zero-order valence-electron chi connectivity index (χ0n) is 7.46. The van der Waals surface area contributed by atoms with E-state index >= 15 is 0 Å². The van der Waals surface area contributed by atoms with Gasteiger partial charge in [0.05, 0.1) is 5.54 Å². The quantitative estimate of drug-likeness (QED) is 0.601. The van der Waals surface area contributed by atoms with Crippen molar-refractivity contribution in [2.75, 3.05) is 0 Å². The molecule has 0 amide bonds. The molecule has 11 heavy (non-hydrogen) atoms. The lowest BCUT2D eigenvalue weighted by atomic mass is 10.0. The number of allylic oxidation sites excluding steroid dienone is 2. The van der Waals surface area contributed by atoms with Crippen LogP contribution in [0.4, 0.5) is 0 Å². The SMILES string of the molecule is C/C=C\C=NC(C)(C=N)CC. The summed E-state index contributed by atoms with van der Waals surface area (Å²) in [4.78, 5) is 4.23. The van der Waals surface area contributed by atoms with Crippen molar-refractivity contribution >= 4 is 12.4 Å². The first-order valence-electron chi connectivity index (χ1n) is 3.86. The maximum atomic E-state index is 7.13. The van der Waals surface area contributed by atoms with Crippen LogP contribution in [0.1, 0.15) is 27.2 Å². The van der Waals surface area contributed by atoms with Crippen molar-refractivity contribution in [3.63, 3.8) is 0 Å². The van der Waals surface area contributed by atoms with Gasteiger partial charge >= 0.3 is 0 Å². The summed E-state index contributed by atoms with van der Waals surface area (Å²) in [5.41, 5.74) is -0.306. The van der Waals surface area contributed by atoms with E-state index in [-0.39, 0.29) is 5.54 Å². The van der Waals surface area contributed by atoms with Crippen molar-refractivity contribution in [3.8, 4) is 0 Å². The van der Waals surface area contributed by atoms with Crippen molar-refractivity contribution in [1.82, 2.24) is 0 Å². The Hall–Kier alpha value is -0.920. The molecule has 0 aromatic heterocycles. The lowest BCUT2D eigenvalue weighted by Gasteiger charge is -2.15. The summed E-state index contributed by atoms with van der Waals surface area (Å²) in [5, 5.41) is 7.13. The second-order valence-electron chi connectivity index (χ2n) is 2.66. The maximum Gasteiger partial charge on any atom is 0.0919 e. The van der Waals surface area contributed by atoms with Crippen LogP contribution in [0.15, 0.2) is 17.1 Å². The molecule has 0 aliphatic heterocycles. The van der Waals surface area contributed by atoms with E-state index < -0.39 is 0 Å². The molecule has 0 spiro atoms. The first-order chi connectivity index (χ1) is 5.18. The fraction of sp³-hybridized carbons (Fsp3) is 0.556. The molecule has 0 saturated carbocycles. The molecule has 0 heterocycles. The smallest absolute Gasteiger partial charge is 0.0919 e. The molecule has 2 heteroatoms. The molecule has 0 aliphatic rings. The minimum Gasteiger partial charge on any atom is -0.311 e. The second-order valence-corrected chi connectivity index (χ2v) is 2.66. The normalized spacial score (nSPS) is 17.4. The number of hydrogen-bond acceptors (Lipinski definition) is 2. The van der Waals surface area contributed by atoms with E-state index in [1.165, 1.54) is 6.21 Å². The molecule has 1 N–H and O–H groups in total. The lowest BCUT2D eigenvalue weighted by Crippen LogP contribution is -2.21. The van der Waals surface area contributed by atoms with Crippen molar-refractivity contribution in [3.05, 3.63) is 12.2 Å². The van der Waals surface area contributed by atoms with E-state index in [4.69, 9.17) is 5.41 Å². The Morgan fingerprint density at radius 2 is 2.18 bits per heavy atom. The average molecular weight is 152 g/mol. The van der Waals surface area contributed by atoms with Crippen LogP contribution < -0.4 is 0 Å². The standard InChI is InChI=1S/C9H16N2/c1-4-6-7-11-9(3,5-2)8-10/h4,6-8,10H,5H2,1-3H3/b6-4-,10-8?,11-7?. The van der Waals surface area contributed by atoms with Crippen molar-refractivity contribution in [2.24, 2.45) is 4.99 Å². The summed E-state index contributed by atoms with van der Waals surface area (Å²) in [6.07, 6.45) is 7.78. The van der Waals surface area contributed by atoms with Crippen molar-refractivity contribution in [1.29, 1.82) is 5.41 Å². The van der Waals surface area contributed by atoms with Gasteiger partial charge in [-0.05, 0) is 26.3 Å². The van der Waals surface area contributed by atoms with Gasteiger partial charge in [-0.1, -0.05) is 13.0 Å². The number of rotatable bonds is 4. The van der Waals surface area contributed by atoms with E-state index in [0.29, 0.717) is 0 Å². The Bertz CT molecular complexity index is 170. The maximum absolute atomic E-state index is 7.13. The Balaban J connectivity index is 4.17. The molecule has 0 saturated heterocycles. The molecule has 0 aliphatic carbocycles. The number of nitrogens with one attached hydrogen (secondary N) is 1. The van der Waals surface area contributed by atoms with Crippen molar-refractivity contribution in [2.45, 2.75) is 32.7 Å². The van der Waals surface area contributed by atoms with Gasteiger partial charge in [0, 0.05) is 12.4 Å². The van der Waals surface area contributed by atoms with Crippen LogP contribution in [0.2, 0.25) is 0 Å². The Morgan fingerprint density at radius 3 is 2.55 bits per heavy atom. The molecule has 0 radical (unpaired) electrons. The van der Waals surface area contributed by atoms with Gasteiger partial charge in [0.25, 0.3) is 0 Å². The minimum absolute atomic E-state index is 0.306. The summed E-state index contributed by atoms with van der Waals surface area (Å²) in [7, 11) is 0. The van der Waals surface area contributed by atoms with Gasteiger partial charge in [-0.15, -0.1) is 0 Å². The largest absolute Gasteiger partial charge is 0.311 e. The lowest BCUT2D eigenvalue weighted by molar-refractivity contribution is 0.618. The third-order valence-corrected chi connectivity index (χ3v) is 1.67. The van der Waals surface area contributed by atoms with Gasteiger partial charge in [0.1, 0.15) is 0 Å². The molecular formula is C9H16N2. The molecule has 1 atom stereocenters. The van der Waals surface area contributed by atoms with E-state index in [1.54, 1.807) is 6.21 Å². The van der Waals surface area contributed by atoms with Gasteiger partial charge in [0.15, 0.2) is 0 Å². The highest BCUT2D eigenvalue weighted by atomic mass is 14.8. The van der Waals surface area contributed by atoms with Crippen LogP contribution in [-0.2, 0) is 0 Å². The predicted octanol–water partition coefficient (Wildman–Crippen LogP) is 2.45. The van der Waals surface area contributed by atoms with Gasteiger partial charge in [-0.3, -0.25) is 4.99 Å². The van der Waals surface area contributed by atoms with Gasteiger partial charge < -0.3 is 5.41 Å². The molecule has 0 fully saturated rings. The van der Waals surface area contributed by atoms with Crippen LogP contribution in [0.3, 0.4) is 0 Å². The van der Waals surface area contributed by atoms with Gasteiger partial charge in [-0.2, -0.15) is 0 Å². The molecule has 0 aromatic carbocycles. The number of nitrogens with zero attached hydrogens (tertiary/aromatic N) is 1. The predicted molar refractivity (Wildman–Crippen MR) is 50.8 cm³/mol. The fourth-order valence-corrected chi connectivity index (χ4v) is 0.530. The molecular weight excluding hydrogens is 136 g/mol. The molecule has 62 valence electrons. The van der Waals surface area contributed by atoms with E-state index in [0.717, 1.165) is 6.42 Å². The Kier molecular flexibility index (Phi) is 4.42. The highest BCUT2D eigenvalue weighted by molar-refractivity contribution is 5.76. The van der Waals surface area contributed by atoms with Gasteiger partial charge in [0.2, 0.25) is 0 Å². The molecule has 0 rings (SSSR count). The summed E-state index contributed by atoms with van der Waals surface area (Å²) in [5.74, 6) is 0. The van der Waals surface area contributed by atoms with Gasteiger partial charge in [-0.25, -0.2) is 0 Å². The topological polar surface area (TPSA) is 36.2 Å². The number of hydrogen-bond donors (Lipinski definition) is 1. The summed E-state index contributed by atoms with van der Waals surface area (Å²) >= 11 is 0. The van der Waals surface area contributed by atoms with E-state index in [1.807, 2.05) is 32.9 Å². The summed E-state index contributed by atoms with van der Waals surface area (Å²) < 4.78 is 0. The van der Waals surface area contributed by atoms with Crippen LogP contribution in [0.5, 0.6) is 0 Å². The summed E-state index contributed by atoms with van der Waals surface area (Å²) in [6.45, 7) is 5.91. The third kappa shape index (κ3) is 3.71. The zero-order valence-corrected chi connectivity index (χ0v) is 7.46. The van der Waals surface area contributed by atoms with Crippen molar-refractivity contribution < 1.29 is 0 Å².